The standard InChI is InChI=1S/C25H23N5O4S/c1-16(23(35)29-22-15-20(30(32)33)13-14-21(22)27-28-29)26-24(31)34-25(2,3)19-11-9-18(10-12-19)17-7-5-4-6-8-17/h4-16H,1-3H3,(H,26,31)/t16-/m0/s1. The summed E-state index contributed by atoms with van der Waals surface area (Å²) in [6, 6.07) is 21.4. The van der Waals surface area contributed by atoms with Crippen LogP contribution in [0, 0.1) is 10.1 Å². The average molecular weight is 490 g/mol. The van der Waals surface area contributed by atoms with Gasteiger partial charge in [0.1, 0.15) is 21.6 Å². The molecule has 0 aliphatic rings. The molecule has 1 N–H and O–H groups in total. The normalized spacial score (nSPS) is 12.2. The Balaban J connectivity index is 1.44. The van der Waals surface area contributed by atoms with Crippen molar-refractivity contribution in [2.24, 2.45) is 0 Å². The van der Waals surface area contributed by atoms with Crippen LogP contribution in [0.3, 0.4) is 0 Å². The van der Waals surface area contributed by atoms with Crippen LogP contribution in [-0.4, -0.2) is 37.0 Å². The fraction of sp³-hybridized carbons (Fsp3) is 0.200. The van der Waals surface area contributed by atoms with Crippen LogP contribution in [0.1, 0.15) is 26.3 Å². The number of alkyl carbamates (subject to hydrolysis) is 1. The van der Waals surface area contributed by atoms with Crippen LogP contribution in [0.15, 0.2) is 72.8 Å². The van der Waals surface area contributed by atoms with E-state index in [0.29, 0.717) is 11.0 Å². The van der Waals surface area contributed by atoms with Gasteiger partial charge in [0.05, 0.1) is 11.0 Å². The number of ether oxygens (including phenoxy) is 1. The van der Waals surface area contributed by atoms with Crippen LogP contribution in [0.5, 0.6) is 0 Å². The van der Waals surface area contributed by atoms with Gasteiger partial charge in [-0.15, -0.1) is 5.10 Å². The first-order chi connectivity index (χ1) is 16.7. The van der Waals surface area contributed by atoms with Crippen molar-refractivity contribution in [2.75, 3.05) is 0 Å². The fourth-order valence-corrected chi connectivity index (χ4v) is 3.81. The molecule has 1 heterocycles. The van der Waals surface area contributed by atoms with Crippen molar-refractivity contribution in [3.05, 3.63) is 88.5 Å². The lowest BCUT2D eigenvalue weighted by molar-refractivity contribution is -0.384. The Morgan fingerprint density at radius 1 is 1.09 bits per heavy atom. The van der Waals surface area contributed by atoms with E-state index < -0.39 is 22.7 Å². The molecule has 0 saturated carbocycles. The molecule has 0 aliphatic carbocycles. The van der Waals surface area contributed by atoms with E-state index in [1.54, 1.807) is 20.8 Å². The minimum absolute atomic E-state index is 0.107. The van der Waals surface area contributed by atoms with Gasteiger partial charge in [0.25, 0.3) is 5.69 Å². The van der Waals surface area contributed by atoms with E-state index >= 15 is 0 Å². The first-order valence-corrected chi connectivity index (χ1v) is 11.3. The topological polar surface area (TPSA) is 112 Å². The largest absolute Gasteiger partial charge is 0.439 e. The maximum absolute atomic E-state index is 12.7. The zero-order valence-corrected chi connectivity index (χ0v) is 20.2. The molecule has 0 bridgehead atoms. The molecule has 3 aromatic carbocycles. The molecule has 0 aliphatic heterocycles. The van der Waals surface area contributed by atoms with E-state index in [-0.39, 0.29) is 10.7 Å². The third-order valence-electron chi connectivity index (χ3n) is 5.59. The number of nitro benzene ring substituents is 1. The highest BCUT2D eigenvalue weighted by atomic mass is 32.1. The molecule has 1 amide bonds. The van der Waals surface area contributed by atoms with Crippen LogP contribution in [0.25, 0.3) is 22.2 Å². The Morgan fingerprint density at radius 3 is 2.40 bits per heavy atom. The Kier molecular flexibility index (Phi) is 6.57. The lowest BCUT2D eigenvalue weighted by atomic mass is 9.95. The summed E-state index contributed by atoms with van der Waals surface area (Å²) < 4.78 is 7.00. The fourth-order valence-electron chi connectivity index (χ4n) is 3.62. The number of nitro groups is 1. The van der Waals surface area contributed by atoms with Crippen molar-refractivity contribution in [1.82, 2.24) is 20.3 Å². The predicted molar refractivity (Wildman–Crippen MR) is 136 cm³/mol. The lowest BCUT2D eigenvalue weighted by Gasteiger charge is -2.27. The number of nitrogens with one attached hydrogen (secondary N) is 1. The summed E-state index contributed by atoms with van der Waals surface area (Å²) in [5.41, 5.74) is 2.82. The highest BCUT2D eigenvalue weighted by molar-refractivity contribution is 7.80. The number of hydrogen-bond donors (Lipinski definition) is 1. The number of thiocarbonyl (C=S) groups is 1. The summed E-state index contributed by atoms with van der Waals surface area (Å²) in [7, 11) is 0. The molecule has 1 atom stereocenters. The highest BCUT2D eigenvalue weighted by Gasteiger charge is 2.27. The second-order valence-corrected chi connectivity index (χ2v) is 8.90. The third-order valence-corrected chi connectivity index (χ3v) is 6.12. The van der Waals surface area contributed by atoms with Gasteiger partial charge in [-0.2, -0.15) is 0 Å². The second-order valence-electron chi connectivity index (χ2n) is 8.48. The number of carbonyl (C=O) groups excluding carboxylic acids is 1. The van der Waals surface area contributed by atoms with Gasteiger partial charge >= 0.3 is 6.09 Å². The summed E-state index contributed by atoms with van der Waals surface area (Å²) >= 11 is 5.47. The number of fused-ring (bicyclic) bond motifs is 1. The number of hydrogen-bond acceptors (Lipinski definition) is 7. The average Bonchev–Trinajstić information content (AvgIpc) is 3.27. The van der Waals surface area contributed by atoms with E-state index in [0.717, 1.165) is 16.7 Å². The van der Waals surface area contributed by atoms with Crippen molar-refractivity contribution in [3.63, 3.8) is 0 Å². The molecule has 1 aromatic heterocycles. The molecular weight excluding hydrogens is 466 g/mol. The number of rotatable bonds is 6. The summed E-state index contributed by atoms with van der Waals surface area (Å²) in [5, 5.41) is 21.8. The van der Waals surface area contributed by atoms with Crippen molar-refractivity contribution >= 4 is 40.0 Å². The van der Waals surface area contributed by atoms with Crippen molar-refractivity contribution in [3.8, 4) is 11.1 Å². The molecule has 0 spiro atoms. The van der Waals surface area contributed by atoms with E-state index in [9.17, 15) is 14.9 Å². The molecule has 4 aromatic rings. The van der Waals surface area contributed by atoms with Gasteiger partial charge in [-0.1, -0.05) is 72.0 Å². The molecular formula is C25H23N5O4S. The van der Waals surface area contributed by atoms with Crippen LogP contribution in [0.2, 0.25) is 0 Å². The maximum atomic E-state index is 12.7. The number of nitrogens with zero attached hydrogens (tertiary/aromatic N) is 4. The van der Waals surface area contributed by atoms with E-state index in [1.165, 1.54) is 22.9 Å². The predicted octanol–water partition coefficient (Wildman–Crippen LogP) is 5.23. The molecule has 9 nitrogen and oxygen atoms in total. The van der Waals surface area contributed by atoms with Crippen LogP contribution < -0.4 is 5.32 Å². The van der Waals surface area contributed by atoms with Gasteiger partial charge in [0.2, 0.25) is 0 Å². The van der Waals surface area contributed by atoms with E-state index in [1.807, 2.05) is 54.6 Å². The van der Waals surface area contributed by atoms with Crippen molar-refractivity contribution in [1.29, 1.82) is 0 Å². The molecule has 4 rings (SSSR count). The minimum atomic E-state index is -0.902. The molecule has 178 valence electrons. The van der Waals surface area contributed by atoms with Gasteiger partial charge < -0.3 is 10.1 Å². The minimum Gasteiger partial charge on any atom is -0.439 e. The monoisotopic (exact) mass is 489 g/mol. The van der Waals surface area contributed by atoms with Crippen molar-refractivity contribution in [2.45, 2.75) is 32.4 Å². The lowest BCUT2D eigenvalue weighted by Crippen LogP contribution is -2.43. The molecule has 35 heavy (non-hydrogen) atoms. The summed E-state index contributed by atoms with van der Waals surface area (Å²) in [6.07, 6.45) is -0.660. The zero-order valence-electron chi connectivity index (χ0n) is 19.3. The van der Waals surface area contributed by atoms with Crippen LogP contribution in [-0.2, 0) is 10.3 Å². The van der Waals surface area contributed by atoms with Gasteiger partial charge in [-0.25, -0.2) is 9.48 Å². The first-order valence-electron chi connectivity index (χ1n) is 10.9. The third kappa shape index (κ3) is 5.17. The molecule has 0 radical (unpaired) electrons. The molecule has 0 saturated heterocycles. The van der Waals surface area contributed by atoms with Gasteiger partial charge in [0.15, 0.2) is 0 Å². The number of aromatic nitrogens is 3. The maximum Gasteiger partial charge on any atom is 0.408 e. The van der Waals surface area contributed by atoms with E-state index in [4.69, 9.17) is 17.0 Å². The quantitative estimate of drug-likeness (QED) is 0.224. The van der Waals surface area contributed by atoms with Gasteiger partial charge in [-0.05, 0) is 43.5 Å². The summed E-state index contributed by atoms with van der Waals surface area (Å²) in [4.78, 5) is 23.5. The summed E-state index contributed by atoms with van der Waals surface area (Å²) in [5.74, 6) is 0. The van der Waals surface area contributed by atoms with Gasteiger partial charge in [-0.3, -0.25) is 10.1 Å². The smallest absolute Gasteiger partial charge is 0.408 e. The zero-order chi connectivity index (χ0) is 25.2. The number of non-ortho nitro benzene ring substituents is 1. The van der Waals surface area contributed by atoms with E-state index in [2.05, 4.69) is 15.6 Å². The Hall–Kier alpha value is -4.18. The first kappa shape index (κ1) is 24.0. The number of benzene rings is 3. The number of amides is 1. The van der Waals surface area contributed by atoms with Crippen molar-refractivity contribution < 1.29 is 14.5 Å². The number of carbonyl (C=O) groups is 1. The second kappa shape index (κ2) is 9.59. The molecule has 0 unspecified atom stereocenters. The molecule has 0 fully saturated rings. The van der Waals surface area contributed by atoms with Crippen LogP contribution >= 0.6 is 12.2 Å². The Bertz CT molecular complexity index is 1400. The SMILES string of the molecule is C[C@H](NC(=O)OC(C)(C)c1ccc(-c2ccccc2)cc1)C(=S)n1nnc2ccc([N+](=O)[O-])cc21. The van der Waals surface area contributed by atoms with Gasteiger partial charge in [0, 0.05) is 12.1 Å². The highest BCUT2D eigenvalue weighted by Crippen LogP contribution is 2.28. The Labute approximate surface area is 206 Å². The van der Waals surface area contributed by atoms with Crippen LogP contribution in [0.4, 0.5) is 10.5 Å². The Morgan fingerprint density at radius 2 is 1.74 bits per heavy atom. The summed E-state index contributed by atoms with van der Waals surface area (Å²) in [6.45, 7) is 5.28. The molecule has 10 heteroatoms.